The lowest BCUT2D eigenvalue weighted by atomic mass is 9.82. The number of oxazole rings is 1. The van der Waals surface area contributed by atoms with Gasteiger partial charge in [0.2, 0.25) is 0 Å². The van der Waals surface area contributed by atoms with Crippen LogP contribution in [0.15, 0.2) is 28.8 Å². The molecule has 0 bridgehead atoms. The van der Waals surface area contributed by atoms with Gasteiger partial charge >= 0.3 is 0 Å². The first kappa shape index (κ1) is 12.4. The Kier molecular flexibility index (Phi) is 3.72. The van der Waals surface area contributed by atoms with Crippen molar-refractivity contribution >= 4 is 17.2 Å². The summed E-state index contributed by atoms with van der Waals surface area (Å²) >= 11 is 5.72. The summed E-state index contributed by atoms with van der Waals surface area (Å²) in [6.45, 7) is 6.81. The third kappa shape index (κ3) is 2.81. The molecule has 2 nitrogen and oxygen atoms in total. The molecule has 0 spiro atoms. The van der Waals surface area contributed by atoms with E-state index >= 15 is 0 Å². The zero-order valence-corrected chi connectivity index (χ0v) is 11.2. The SMILES string of the molecule is CC(C)C1C=C(c2cnc(Cl)o2)C=CCC1C. The van der Waals surface area contributed by atoms with Crippen molar-refractivity contribution in [2.75, 3.05) is 0 Å². The molecule has 0 N–H and O–H groups in total. The molecule has 2 atom stereocenters. The zero-order valence-electron chi connectivity index (χ0n) is 10.5. The van der Waals surface area contributed by atoms with Crippen LogP contribution in [-0.4, -0.2) is 4.98 Å². The Morgan fingerprint density at radius 1 is 1.47 bits per heavy atom. The van der Waals surface area contributed by atoms with Gasteiger partial charge in [0.15, 0.2) is 5.76 Å². The molecular formula is C14H18ClNO. The van der Waals surface area contributed by atoms with E-state index in [1.165, 1.54) is 0 Å². The molecule has 0 saturated heterocycles. The lowest BCUT2D eigenvalue weighted by Crippen LogP contribution is -2.14. The van der Waals surface area contributed by atoms with Crippen LogP contribution in [0.2, 0.25) is 5.35 Å². The highest BCUT2D eigenvalue weighted by Gasteiger charge is 2.21. The van der Waals surface area contributed by atoms with Gasteiger partial charge in [-0.1, -0.05) is 39.0 Å². The molecule has 1 aromatic heterocycles. The first-order valence-corrected chi connectivity index (χ1v) is 6.45. The van der Waals surface area contributed by atoms with Gasteiger partial charge in [0.25, 0.3) is 5.35 Å². The minimum atomic E-state index is 0.202. The van der Waals surface area contributed by atoms with E-state index in [-0.39, 0.29) is 5.35 Å². The molecule has 3 heteroatoms. The maximum atomic E-state index is 5.72. The van der Waals surface area contributed by atoms with Gasteiger partial charge < -0.3 is 4.42 Å². The predicted octanol–water partition coefficient (Wildman–Crippen LogP) is 4.58. The Bertz CT molecular complexity index is 445. The third-order valence-electron chi connectivity index (χ3n) is 3.37. The average molecular weight is 252 g/mol. The highest BCUT2D eigenvalue weighted by atomic mass is 35.5. The van der Waals surface area contributed by atoms with E-state index in [0.29, 0.717) is 17.8 Å². The lowest BCUT2D eigenvalue weighted by molar-refractivity contribution is 0.338. The molecule has 17 heavy (non-hydrogen) atoms. The summed E-state index contributed by atoms with van der Waals surface area (Å²) in [6.07, 6.45) is 9.39. The largest absolute Gasteiger partial charge is 0.428 e. The topological polar surface area (TPSA) is 26.0 Å². The molecule has 1 heterocycles. The fourth-order valence-electron chi connectivity index (χ4n) is 2.39. The minimum absolute atomic E-state index is 0.202. The smallest absolute Gasteiger partial charge is 0.292 e. The van der Waals surface area contributed by atoms with E-state index in [1.807, 2.05) is 0 Å². The minimum Gasteiger partial charge on any atom is -0.428 e. The number of allylic oxidation sites excluding steroid dienone is 4. The molecule has 0 radical (unpaired) electrons. The van der Waals surface area contributed by atoms with Crippen LogP contribution in [0.1, 0.15) is 33.0 Å². The second-order valence-electron chi connectivity index (χ2n) is 5.04. The second-order valence-corrected chi connectivity index (χ2v) is 5.36. The Hall–Kier alpha value is -1.02. The van der Waals surface area contributed by atoms with Gasteiger partial charge in [-0.25, -0.2) is 4.98 Å². The van der Waals surface area contributed by atoms with E-state index in [2.05, 4.69) is 44.0 Å². The van der Waals surface area contributed by atoms with Crippen molar-refractivity contribution in [1.82, 2.24) is 4.98 Å². The highest BCUT2D eigenvalue weighted by molar-refractivity contribution is 6.27. The number of hydrogen-bond donors (Lipinski definition) is 0. The van der Waals surface area contributed by atoms with Gasteiger partial charge in [-0.05, 0) is 35.8 Å². The Morgan fingerprint density at radius 2 is 2.24 bits per heavy atom. The summed E-state index contributed by atoms with van der Waals surface area (Å²) in [5.74, 6) is 2.59. The average Bonchev–Trinajstić information content (AvgIpc) is 2.58. The van der Waals surface area contributed by atoms with Gasteiger partial charge in [0, 0.05) is 5.57 Å². The van der Waals surface area contributed by atoms with Crippen LogP contribution in [0.3, 0.4) is 0 Å². The van der Waals surface area contributed by atoms with Crippen LogP contribution < -0.4 is 0 Å². The fourth-order valence-corrected chi connectivity index (χ4v) is 2.53. The van der Waals surface area contributed by atoms with Gasteiger partial charge in [0.1, 0.15) is 0 Å². The fraction of sp³-hybridized carbons (Fsp3) is 0.500. The van der Waals surface area contributed by atoms with Crippen molar-refractivity contribution in [2.24, 2.45) is 17.8 Å². The van der Waals surface area contributed by atoms with E-state index in [1.54, 1.807) is 6.20 Å². The van der Waals surface area contributed by atoms with Crippen LogP contribution >= 0.6 is 11.6 Å². The third-order valence-corrected chi connectivity index (χ3v) is 3.54. The van der Waals surface area contributed by atoms with Crippen LogP contribution in [-0.2, 0) is 0 Å². The maximum absolute atomic E-state index is 5.72. The number of halogens is 1. The molecule has 2 rings (SSSR count). The normalized spacial score (nSPS) is 24.9. The molecule has 2 unspecified atom stereocenters. The molecule has 1 aliphatic rings. The number of nitrogens with zero attached hydrogens (tertiary/aromatic N) is 1. The molecule has 0 aromatic carbocycles. The molecule has 92 valence electrons. The second kappa shape index (κ2) is 5.09. The first-order chi connectivity index (χ1) is 8.08. The van der Waals surface area contributed by atoms with Crippen LogP contribution in [0.4, 0.5) is 0 Å². The molecule has 0 aliphatic heterocycles. The van der Waals surface area contributed by atoms with Crippen molar-refractivity contribution in [2.45, 2.75) is 27.2 Å². The monoisotopic (exact) mass is 251 g/mol. The van der Waals surface area contributed by atoms with Gasteiger partial charge in [-0.15, -0.1) is 0 Å². The van der Waals surface area contributed by atoms with Crippen molar-refractivity contribution in [1.29, 1.82) is 0 Å². The van der Waals surface area contributed by atoms with Gasteiger partial charge in [0.05, 0.1) is 6.20 Å². The number of aromatic nitrogens is 1. The first-order valence-electron chi connectivity index (χ1n) is 6.08. The van der Waals surface area contributed by atoms with E-state index in [4.69, 9.17) is 16.0 Å². The van der Waals surface area contributed by atoms with Gasteiger partial charge in [-0.3, -0.25) is 0 Å². The molecule has 1 aromatic rings. The van der Waals surface area contributed by atoms with Crippen LogP contribution in [0.5, 0.6) is 0 Å². The standard InChI is InChI=1S/C14H18ClNO/c1-9(2)12-7-11(6-4-5-10(12)3)13-8-16-14(15)17-13/h4,6-10,12H,5H2,1-3H3. The lowest BCUT2D eigenvalue weighted by Gasteiger charge is -2.22. The van der Waals surface area contributed by atoms with Crippen molar-refractivity contribution in [3.8, 4) is 0 Å². The molecule has 0 saturated carbocycles. The van der Waals surface area contributed by atoms with Crippen molar-refractivity contribution in [3.63, 3.8) is 0 Å². The zero-order chi connectivity index (χ0) is 12.4. The van der Waals surface area contributed by atoms with Crippen molar-refractivity contribution in [3.05, 3.63) is 35.5 Å². The molecular weight excluding hydrogens is 234 g/mol. The Morgan fingerprint density at radius 3 is 2.82 bits per heavy atom. The van der Waals surface area contributed by atoms with Crippen molar-refractivity contribution < 1.29 is 4.42 Å². The quantitative estimate of drug-likeness (QED) is 0.769. The maximum Gasteiger partial charge on any atom is 0.292 e. The Labute approximate surface area is 107 Å². The summed E-state index contributed by atoms with van der Waals surface area (Å²) in [7, 11) is 0. The molecule has 1 aliphatic carbocycles. The van der Waals surface area contributed by atoms with E-state index in [0.717, 1.165) is 17.8 Å². The van der Waals surface area contributed by atoms with E-state index < -0.39 is 0 Å². The van der Waals surface area contributed by atoms with Crippen LogP contribution in [0, 0.1) is 17.8 Å². The molecule has 0 fully saturated rings. The predicted molar refractivity (Wildman–Crippen MR) is 70.7 cm³/mol. The van der Waals surface area contributed by atoms with Gasteiger partial charge in [-0.2, -0.15) is 0 Å². The summed E-state index contributed by atoms with van der Waals surface area (Å²) in [4.78, 5) is 3.94. The number of rotatable bonds is 2. The summed E-state index contributed by atoms with van der Waals surface area (Å²) in [5, 5.41) is 0.202. The summed E-state index contributed by atoms with van der Waals surface area (Å²) < 4.78 is 5.38. The van der Waals surface area contributed by atoms with E-state index in [9.17, 15) is 0 Å². The van der Waals surface area contributed by atoms with Crippen LogP contribution in [0.25, 0.3) is 5.57 Å². The summed E-state index contributed by atoms with van der Waals surface area (Å²) in [5.41, 5.74) is 1.09. The molecule has 0 amide bonds. The number of hydrogen-bond acceptors (Lipinski definition) is 2. The Balaban J connectivity index is 2.34. The highest BCUT2D eigenvalue weighted by Crippen LogP contribution is 2.32. The summed E-state index contributed by atoms with van der Waals surface area (Å²) in [6, 6.07) is 0.